The van der Waals surface area contributed by atoms with E-state index in [9.17, 15) is 14.0 Å². The van der Waals surface area contributed by atoms with Crippen molar-refractivity contribution in [2.24, 2.45) is 0 Å². The molecular formula is C21H23FN4O3. The number of amides is 2. The van der Waals surface area contributed by atoms with E-state index in [-0.39, 0.29) is 30.1 Å². The van der Waals surface area contributed by atoms with E-state index in [2.05, 4.69) is 9.97 Å². The van der Waals surface area contributed by atoms with Gasteiger partial charge in [0.15, 0.2) is 0 Å². The molecule has 0 radical (unpaired) electrons. The maximum absolute atomic E-state index is 13.4. The van der Waals surface area contributed by atoms with Gasteiger partial charge in [0.25, 0.3) is 0 Å². The predicted molar refractivity (Wildman–Crippen MR) is 103 cm³/mol. The Balaban J connectivity index is 1.38. The first kappa shape index (κ1) is 19.3. The highest BCUT2D eigenvalue weighted by Gasteiger charge is 2.30. The number of aromatic nitrogens is 2. The average molecular weight is 398 g/mol. The van der Waals surface area contributed by atoms with Crippen LogP contribution in [0, 0.1) is 5.82 Å². The van der Waals surface area contributed by atoms with Gasteiger partial charge in [-0.25, -0.2) is 9.37 Å². The Bertz CT molecular complexity index is 899. The van der Waals surface area contributed by atoms with Crippen molar-refractivity contribution in [1.82, 2.24) is 19.8 Å². The van der Waals surface area contributed by atoms with Crippen LogP contribution >= 0.6 is 0 Å². The van der Waals surface area contributed by atoms with E-state index in [1.165, 1.54) is 12.1 Å². The Hall–Kier alpha value is -3.03. The summed E-state index contributed by atoms with van der Waals surface area (Å²) in [4.78, 5) is 36.4. The van der Waals surface area contributed by atoms with Gasteiger partial charge in [-0.3, -0.25) is 14.6 Å². The summed E-state index contributed by atoms with van der Waals surface area (Å²) in [5, 5.41) is 0. The van der Waals surface area contributed by atoms with E-state index in [0.717, 1.165) is 25.0 Å². The fourth-order valence-corrected chi connectivity index (χ4v) is 3.87. The molecule has 2 aliphatic heterocycles. The van der Waals surface area contributed by atoms with Crippen LogP contribution in [0.1, 0.15) is 37.3 Å². The predicted octanol–water partition coefficient (Wildman–Crippen LogP) is 2.74. The number of rotatable bonds is 5. The van der Waals surface area contributed by atoms with Crippen molar-refractivity contribution in [3.63, 3.8) is 0 Å². The lowest BCUT2D eigenvalue weighted by atomic mass is 9.93. The zero-order valence-electron chi connectivity index (χ0n) is 16.1. The van der Waals surface area contributed by atoms with Gasteiger partial charge in [0.1, 0.15) is 17.3 Å². The van der Waals surface area contributed by atoms with Crippen molar-refractivity contribution in [3.8, 4) is 11.6 Å². The Kier molecular flexibility index (Phi) is 5.69. The second kappa shape index (κ2) is 8.55. The highest BCUT2D eigenvalue weighted by atomic mass is 19.1. The molecule has 4 rings (SSSR count). The van der Waals surface area contributed by atoms with Crippen LogP contribution in [-0.4, -0.2) is 57.8 Å². The third-order valence-electron chi connectivity index (χ3n) is 5.43. The lowest BCUT2D eigenvalue weighted by Gasteiger charge is -2.33. The smallest absolute Gasteiger partial charge is 0.242 e. The molecule has 1 aromatic heterocycles. The van der Waals surface area contributed by atoms with Crippen LogP contribution < -0.4 is 4.74 Å². The summed E-state index contributed by atoms with van der Waals surface area (Å²) in [5.74, 6) is 0.516. The zero-order valence-corrected chi connectivity index (χ0v) is 16.1. The molecule has 2 aromatic rings. The van der Waals surface area contributed by atoms with Crippen molar-refractivity contribution >= 4 is 11.8 Å². The van der Waals surface area contributed by atoms with E-state index < -0.39 is 0 Å². The zero-order chi connectivity index (χ0) is 20.2. The number of benzene rings is 1. The summed E-state index contributed by atoms with van der Waals surface area (Å²) in [6, 6.07) is 5.91. The monoisotopic (exact) mass is 398 g/mol. The highest BCUT2D eigenvalue weighted by Crippen LogP contribution is 2.33. The lowest BCUT2D eigenvalue weighted by molar-refractivity contribution is -0.139. The number of carbonyl (C=O) groups is 2. The van der Waals surface area contributed by atoms with Gasteiger partial charge in [0.05, 0.1) is 6.54 Å². The van der Waals surface area contributed by atoms with Gasteiger partial charge in [-0.2, -0.15) is 0 Å². The van der Waals surface area contributed by atoms with Gasteiger partial charge in [-0.15, -0.1) is 0 Å². The molecular weight excluding hydrogens is 375 g/mol. The van der Waals surface area contributed by atoms with E-state index in [4.69, 9.17) is 4.74 Å². The molecule has 3 heterocycles. The Labute approximate surface area is 168 Å². The molecule has 152 valence electrons. The number of hydrogen-bond acceptors (Lipinski definition) is 5. The standard InChI is InChI=1S/C21H23FN4O3/c22-16-3-1-4-17(13-16)29-21-20(23-8-9-24-21)15-6-11-25(12-7-15)19(28)14-26-10-2-5-18(26)27/h1,3-4,8-9,13,15H,2,5-7,10-12,14H2. The van der Waals surface area contributed by atoms with Gasteiger partial charge in [-0.1, -0.05) is 6.07 Å². The largest absolute Gasteiger partial charge is 0.437 e. The molecule has 0 N–H and O–H groups in total. The van der Waals surface area contributed by atoms with Gasteiger partial charge in [-0.05, 0) is 31.4 Å². The van der Waals surface area contributed by atoms with Crippen molar-refractivity contribution in [2.75, 3.05) is 26.2 Å². The first-order chi connectivity index (χ1) is 14.1. The Morgan fingerprint density at radius 1 is 1.17 bits per heavy atom. The summed E-state index contributed by atoms with van der Waals surface area (Å²) >= 11 is 0. The van der Waals surface area contributed by atoms with Crippen LogP contribution in [0.2, 0.25) is 0 Å². The van der Waals surface area contributed by atoms with Gasteiger partial charge in [0, 0.05) is 50.4 Å². The third kappa shape index (κ3) is 4.52. The second-order valence-electron chi connectivity index (χ2n) is 7.38. The summed E-state index contributed by atoms with van der Waals surface area (Å²) in [7, 11) is 0. The normalized spacial score (nSPS) is 17.6. The van der Waals surface area contributed by atoms with E-state index in [1.54, 1.807) is 29.4 Å². The first-order valence-corrected chi connectivity index (χ1v) is 9.90. The van der Waals surface area contributed by atoms with Crippen LogP contribution in [0.15, 0.2) is 36.7 Å². The van der Waals surface area contributed by atoms with E-state index >= 15 is 0 Å². The van der Waals surface area contributed by atoms with Crippen molar-refractivity contribution in [2.45, 2.75) is 31.6 Å². The Morgan fingerprint density at radius 2 is 1.97 bits per heavy atom. The number of halogens is 1. The topological polar surface area (TPSA) is 75.6 Å². The van der Waals surface area contributed by atoms with Crippen LogP contribution in [0.4, 0.5) is 4.39 Å². The summed E-state index contributed by atoms with van der Waals surface area (Å²) in [6.45, 7) is 2.03. The molecule has 0 atom stereocenters. The number of nitrogens with zero attached hydrogens (tertiary/aromatic N) is 4. The molecule has 0 spiro atoms. The van der Waals surface area contributed by atoms with E-state index in [1.807, 2.05) is 4.90 Å². The van der Waals surface area contributed by atoms with Gasteiger partial charge in [0.2, 0.25) is 17.7 Å². The van der Waals surface area contributed by atoms with Crippen LogP contribution in [0.5, 0.6) is 11.6 Å². The number of piperidine rings is 1. The fourth-order valence-electron chi connectivity index (χ4n) is 3.87. The van der Waals surface area contributed by atoms with Gasteiger partial charge < -0.3 is 14.5 Å². The highest BCUT2D eigenvalue weighted by molar-refractivity contribution is 5.85. The molecule has 0 unspecified atom stereocenters. The van der Waals surface area contributed by atoms with Crippen molar-refractivity contribution < 1.29 is 18.7 Å². The second-order valence-corrected chi connectivity index (χ2v) is 7.38. The quantitative estimate of drug-likeness (QED) is 0.774. The number of likely N-dealkylation sites (tertiary alicyclic amines) is 2. The first-order valence-electron chi connectivity index (χ1n) is 9.90. The maximum Gasteiger partial charge on any atom is 0.242 e. The molecule has 2 aliphatic rings. The molecule has 7 nitrogen and oxygen atoms in total. The minimum absolute atomic E-state index is 0.00548. The molecule has 2 amide bonds. The SMILES string of the molecule is O=C(CN1CCCC1=O)N1CCC(c2nccnc2Oc2cccc(F)c2)CC1. The number of ether oxygens (including phenoxy) is 1. The van der Waals surface area contributed by atoms with Crippen LogP contribution in [0.3, 0.4) is 0 Å². The summed E-state index contributed by atoms with van der Waals surface area (Å²) in [5.41, 5.74) is 0.721. The number of hydrogen-bond donors (Lipinski definition) is 0. The minimum atomic E-state index is -0.378. The lowest BCUT2D eigenvalue weighted by Crippen LogP contribution is -2.44. The molecule has 2 fully saturated rings. The van der Waals surface area contributed by atoms with Gasteiger partial charge >= 0.3 is 0 Å². The minimum Gasteiger partial charge on any atom is -0.437 e. The third-order valence-corrected chi connectivity index (χ3v) is 5.43. The summed E-state index contributed by atoms with van der Waals surface area (Å²) < 4.78 is 19.2. The molecule has 8 heteroatoms. The molecule has 1 aromatic carbocycles. The van der Waals surface area contributed by atoms with Crippen molar-refractivity contribution in [1.29, 1.82) is 0 Å². The average Bonchev–Trinajstić information content (AvgIpc) is 3.13. The van der Waals surface area contributed by atoms with Crippen LogP contribution in [0.25, 0.3) is 0 Å². The fraction of sp³-hybridized carbons (Fsp3) is 0.429. The maximum atomic E-state index is 13.4. The molecule has 29 heavy (non-hydrogen) atoms. The number of carbonyl (C=O) groups excluding carboxylic acids is 2. The molecule has 0 bridgehead atoms. The molecule has 2 saturated heterocycles. The summed E-state index contributed by atoms with van der Waals surface area (Å²) in [6.07, 6.45) is 6.00. The molecule has 0 saturated carbocycles. The van der Waals surface area contributed by atoms with E-state index in [0.29, 0.717) is 37.7 Å². The van der Waals surface area contributed by atoms with Crippen LogP contribution in [-0.2, 0) is 9.59 Å². The Morgan fingerprint density at radius 3 is 2.69 bits per heavy atom. The molecule has 0 aliphatic carbocycles. The van der Waals surface area contributed by atoms with Crippen molar-refractivity contribution in [3.05, 3.63) is 48.2 Å².